The molecular formula is C32H32FN5O4. The van der Waals surface area contributed by atoms with Gasteiger partial charge in [0.25, 0.3) is 0 Å². The SMILES string of the molecule is COC(=O)c1ccc2nc(CN3CC[C@](C)(c4cccc(OCc5ccc(C#N)cc5F)n4)C3)n(C[C@@H]3CCO3)c2c1. The van der Waals surface area contributed by atoms with Crippen LogP contribution in [0.3, 0.4) is 0 Å². The van der Waals surface area contributed by atoms with E-state index in [0.717, 1.165) is 55.1 Å². The van der Waals surface area contributed by atoms with Crippen molar-refractivity contribution in [2.45, 2.75) is 51.0 Å². The number of hydrogen-bond acceptors (Lipinski definition) is 8. The first kappa shape index (κ1) is 27.8. The second-order valence-corrected chi connectivity index (χ2v) is 11.2. The van der Waals surface area contributed by atoms with Gasteiger partial charge in [0.05, 0.1) is 60.2 Å². The van der Waals surface area contributed by atoms with Gasteiger partial charge in [-0.3, -0.25) is 4.90 Å². The van der Waals surface area contributed by atoms with Crippen molar-refractivity contribution in [3.8, 4) is 11.9 Å². The molecule has 10 heteroatoms. The smallest absolute Gasteiger partial charge is 0.337 e. The third-order valence-electron chi connectivity index (χ3n) is 8.25. The number of nitriles is 1. The molecule has 0 N–H and O–H groups in total. The molecule has 2 fully saturated rings. The standard InChI is InChI=1S/C32H32FN5O4/c1-32(28-4-3-5-30(36-28)42-19-23-7-6-21(16-34)14-25(23)33)11-12-37(20-32)18-29-35-26-9-8-22(31(39)40-2)15-27(26)38(29)17-24-10-13-41-24/h3-9,14-15,24H,10-13,17-20H2,1-2H3/t24-,32-/m0/s1. The number of ether oxygens (including phenoxy) is 3. The monoisotopic (exact) mass is 569 g/mol. The predicted molar refractivity (Wildman–Crippen MR) is 152 cm³/mol. The van der Waals surface area contributed by atoms with Gasteiger partial charge in [0.2, 0.25) is 5.88 Å². The summed E-state index contributed by atoms with van der Waals surface area (Å²) in [4.78, 5) is 24.3. The van der Waals surface area contributed by atoms with E-state index in [-0.39, 0.29) is 29.7 Å². The minimum Gasteiger partial charge on any atom is -0.473 e. The van der Waals surface area contributed by atoms with Gasteiger partial charge in [0.15, 0.2) is 0 Å². The van der Waals surface area contributed by atoms with Gasteiger partial charge in [-0.2, -0.15) is 5.26 Å². The number of methoxy groups -OCH3 is 1. The fraction of sp³-hybridized carbons (Fsp3) is 0.375. The van der Waals surface area contributed by atoms with Crippen LogP contribution >= 0.6 is 0 Å². The lowest BCUT2D eigenvalue weighted by atomic mass is 9.85. The number of pyridine rings is 1. The van der Waals surface area contributed by atoms with Crippen LogP contribution in [0, 0.1) is 17.1 Å². The lowest BCUT2D eigenvalue weighted by Crippen LogP contribution is -2.33. The molecule has 0 bridgehead atoms. The summed E-state index contributed by atoms with van der Waals surface area (Å²) in [6.07, 6.45) is 2.04. The third kappa shape index (κ3) is 5.58. The minimum atomic E-state index is -0.472. The van der Waals surface area contributed by atoms with Crippen LogP contribution in [-0.4, -0.2) is 58.3 Å². The van der Waals surface area contributed by atoms with Crippen LogP contribution in [0.4, 0.5) is 4.39 Å². The highest BCUT2D eigenvalue weighted by Crippen LogP contribution is 2.35. The first-order valence-corrected chi connectivity index (χ1v) is 14.1. The van der Waals surface area contributed by atoms with Crippen molar-refractivity contribution < 1.29 is 23.4 Å². The summed E-state index contributed by atoms with van der Waals surface area (Å²) in [6.45, 7) is 5.98. The molecule has 42 heavy (non-hydrogen) atoms. The number of aromatic nitrogens is 3. The van der Waals surface area contributed by atoms with E-state index in [2.05, 4.69) is 16.4 Å². The van der Waals surface area contributed by atoms with Gasteiger partial charge >= 0.3 is 5.97 Å². The first-order chi connectivity index (χ1) is 20.3. The molecule has 2 atom stereocenters. The maximum absolute atomic E-state index is 14.3. The second kappa shape index (κ2) is 11.5. The van der Waals surface area contributed by atoms with Crippen molar-refractivity contribution in [1.29, 1.82) is 5.26 Å². The van der Waals surface area contributed by atoms with Gasteiger partial charge < -0.3 is 18.8 Å². The molecule has 0 spiro atoms. The molecule has 0 aliphatic carbocycles. The zero-order valence-corrected chi connectivity index (χ0v) is 23.7. The van der Waals surface area contributed by atoms with Gasteiger partial charge in [0, 0.05) is 30.2 Å². The number of imidazole rings is 1. The number of carbonyl (C=O) groups is 1. The van der Waals surface area contributed by atoms with Crippen LogP contribution in [0.15, 0.2) is 54.6 Å². The Morgan fingerprint density at radius 3 is 2.81 bits per heavy atom. The Labute approximate surface area is 243 Å². The van der Waals surface area contributed by atoms with Gasteiger partial charge in [-0.05, 0) is 55.8 Å². The number of nitrogens with zero attached hydrogens (tertiary/aromatic N) is 5. The molecule has 2 saturated heterocycles. The molecular weight excluding hydrogens is 537 g/mol. The molecule has 2 aromatic carbocycles. The van der Waals surface area contributed by atoms with Crippen LogP contribution < -0.4 is 4.74 Å². The number of esters is 1. The first-order valence-electron chi connectivity index (χ1n) is 14.1. The molecule has 0 unspecified atom stereocenters. The van der Waals surface area contributed by atoms with Crippen molar-refractivity contribution in [3.05, 3.63) is 88.6 Å². The van der Waals surface area contributed by atoms with Crippen LogP contribution in [0.2, 0.25) is 0 Å². The van der Waals surface area contributed by atoms with E-state index in [9.17, 15) is 9.18 Å². The Bertz CT molecular complexity index is 1680. The zero-order chi connectivity index (χ0) is 29.3. The van der Waals surface area contributed by atoms with Gasteiger partial charge in [-0.15, -0.1) is 0 Å². The maximum atomic E-state index is 14.3. The summed E-state index contributed by atoms with van der Waals surface area (Å²) < 4.78 is 33.0. The average molecular weight is 570 g/mol. The second-order valence-electron chi connectivity index (χ2n) is 11.2. The number of halogens is 1. The predicted octanol–water partition coefficient (Wildman–Crippen LogP) is 4.76. The Morgan fingerprint density at radius 2 is 2.07 bits per heavy atom. The fourth-order valence-corrected chi connectivity index (χ4v) is 5.69. The molecule has 9 nitrogen and oxygen atoms in total. The van der Waals surface area contributed by atoms with E-state index in [0.29, 0.717) is 30.1 Å². The van der Waals surface area contributed by atoms with E-state index < -0.39 is 5.82 Å². The normalized spacial score (nSPS) is 20.3. The Kier molecular flexibility index (Phi) is 7.62. The van der Waals surface area contributed by atoms with Crippen LogP contribution in [-0.2, 0) is 34.6 Å². The number of likely N-dealkylation sites (tertiary alicyclic amines) is 1. The highest BCUT2D eigenvalue weighted by atomic mass is 19.1. The third-order valence-corrected chi connectivity index (χ3v) is 8.25. The Balaban J connectivity index is 1.18. The number of hydrogen-bond donors (Lipinski definition) is 0. The lowest BCUT2D eigenvalue weighted by Gasteiger charge is -2.28. The van der Waals surface area contributed by atoms with E-state index in [4.69, 9.17) is 29.4 Å². The molecule has 0 saturated carbocycles. The molecule has 4 heterocycles. The number of carbonyl (C=O) groups excluding carboxylic acids is 1. The van der Waals surface area contributed by atoms with E-state index in [1.54, 1.807) is 24.3 Å². The number of benzene rings is 2. The van der Waals surface area contributed by atoms with Crippen molar-refractivity contribution in [3.63, 3.8) is 0 Å². The summed E-state index contributed by atoms with van der Waals surface area (Å²) in [6, 6.07) is 17.5. The highest BCUT2D eigenvalue weighted by Gasteiger charge is 2.37. The lowest BCUT2D eigenvalue weighted by molar-refractivity contribution is -0.0591. The van der Waals surface area contributed by atoms with Gasteiger partial charge in [-0.1, -0.05) is 19.1 Å². The summed E-state index contributed by atoms with van der Waals surface area (Å²) in [5.74, 6) is 0.517. The van der Waals surface area contributed by atoms with Crippen LogP contribution in [0.5, 0.6) is 5.88 Å². The summed E-state index contributed by atoms with van der Waals surface area (Å²) >= 11 is 0. The summed E-state index contributed by atoms with van der Waals surface area (Å²) in [5.41, 5.74) is 3.59. The summed E-state index contributed by atoms with van der Waals surface area (Å²) in [7, 11) is 1.38. The van der Waals surface area contributed by atoms with E-state index >= 15 is 0 Å². The molecule has 216 valence electrons. The maximum Gasteiger partial charge on any atom is 0.337 e. The van der Waals surface area contributed by atoms with Crippen LogP contribution in [0.25, 0.3) is 11.0 Å². The van der Waals surface area contributed by atoms with Crippen molar-refractivity contribution in [2.24, 2.45) is 0 Å². The average Bonchev–Trinajstić information content (AvgIpc) is 3.53. The van der Waals surface area contributed by atoms with Crippen molar-refractivity contribution in [2.75, 3.05) is 26.8 Å². The van der Waals surface area contributed by atoms with E-state index in [1.807, 2.05) is 30.3 Å². The minimum absolute atomic E-state index is 0.0233. The van der Waals surface area contributed by atoms with Crippen molar-refractivity contribution in [1.82, 2.24) is 19.4 Å². The summed E-state index contributed by atoms with van der Waals surface area (Å²) in [5, 5.41) is 8.96. The Hall–Kier alpha value is -4.33. The Morgan fingerprint density at radius 1 is 1.21 bits per heavy atom. The molecule has 2 aromatic heterocycles. The molecule has 2 aliphatic heterocycles. The van der Waals surface area contributed by atoms with E-state index in [1.165, 1.54) is 13.2 Å². The van der Waals surface area contributed by atoms with Gasteiger partial charge in [0.1, 0.15) is 18.2 Å². The van der Waals surface area contributed by atoms with Crippen LogP contribution in [0.1, 0.15) is 52.8 Å². The molecule has 2 aliphatic rings. The molecule has 6 rings (SSSR count). The quantitative estimate of drug-likeness (QED) is 0.266. The van der Waals surface area contributed by atoms with Gasteiger partial charge in [-0.25, -0.2) is 19.2 Å². The molecule has 0 amide bonds. The highest BCUT2D eigenvalue weighted by molar-refractivity contribution is 5.93. The van der Waals surface area contributed by atoms with Crippen molar-refractivity contribution >= 4 is 17.0 Å². The number of fused-ring (bicyclic) bond motifs is 1. The molecule has 0 radical (unpaired) electrons. The topological polar surface area (TPSA) is 102 Å². The zero-order valence-electron chi connectivity index (χ0n) is 23.7. The molecule has 4 aromatic rings. The number of rotatable bonds is 9. The largest absolute Gasteiger partial charge is 0.473 e. The fourth-order valence-electron chi connectivity index (χ4n) is 5.69.